The average molecular weight is 312 g/mol. The summed E-state index contributed by atoms with van der Waals surface area (Å²) in [5, 5.41) is 8.74. The largest absolute Gasteiger partial charge is 0.475 e. The Morgan fingerprint density at radius 3 is 1.59 bits per heavy atom. The van der Waals surface area contributed by atoms with Crippen LogP contribution in [0.25, 0.3) is 0 Å². The maximum Gasteiger partial charge on any atom is 0.380 e. The van der Waals surface area contributed by atoms with E-state index in [1.165, 1.54) is 70.6 Å². The van der Waals surface area contributed by atoms with Crippen LogP contribution in [0.1, 0.15) is 107 Å². The summed E-state index contributed by atoms with van der Waals surface area (Å²) in [5.74, 6) is -0.551. The Kier molecular flexibility index (Phi) is 10.6. The Hall–Kier alpha value is -1.19. The summed E-state index contributed by atoms with van der Waals surface area (Å²) < 4.78 is 9.16. The molecule has 0 saturated heterocycles. The van der Waals surface area contributed by atoms with Crippen molar-refractivity contribution in [3.63, 3.8) is 0 Å². The number of carboxylic acid groups (broad SMARTS) is 1. The number of hydrogen-bond donors (Lipinski definition) is 1. The molecular weight excluding hydrogens is 280 g/mol. The summed E-state index contributed by atoms with van der Waals surface area (Å²) in [5.41, 5.74) is 0. The highest BCUT2D eigenvalue weighted by molar-refractivity contribution is 5.85. The monoisotopic (exact) mass is 312 g/mol. The van der Waals surface area contributed by atoms with Gasteiger partial charge in [-0.3, -0.25) is 9.15 Å². The fraction of sp³-hybridized carbons (Fsp3) is 0.833. The van der Waals surface area contributed by atoms with Crippen molar-refractivity contribution in [2.75, 3.05) is 0 Å². The molecule has 4 heteroatoms. The fourth-order valence-corrected chi connectivity index (χ4v) is 2.76. The maximum atomic E-state index is 10.7. The summed E-state index contributed by atoms with van der Waals surface area (Å²) >= 11 is 0. The van der Waals surface area contributed by atoms with Crippen molar-refractivity contribution in [3.05, 3.63) is 11.5 Å². The molecule has 128 valence electrons. The summed E-state index contributed by atoms with van der Waals surface area (Å²) in [4.78, 5) is 10.7. The second kappa shape index (κ2) is 12.4. The van der Waals surface area contributed by atoms with Crippen molar-refractivity contribution < 1.29 is 19.1 Å². The first-order valence-corrected chi connectivity index (χ1v) is 9.06. The molecule has 1 heterocycles. The minimum atomic E-state index is -1.03. The van der Waals surface area contributed by atoms with Gasteiger partial charge in [-0.25, -0.2) is 4.79 Å². The van der Waals surface area contributed by atoms with Crippen LogP contribution in [-0.2, 0) is 6.42 Å². The van der Waals surface area contributed by atoms with Gasteiger partial charge >= 0.3 is 11.7 Å². The standard InChI is InChI=1S/C18H32O4/c1-2-3-4-5-6-7-8-9-10-11-12-13-14-15-16-17(18(19)20)22-21-16/h2-15H2,1H3,(H,19,20). The van der Waals surface area contributed by atoms with Gasteiger partial charge in [0.1, 0.15) is 0 Å². The van der Waals surface area contributed by atoms with Crippen LogP contribution in [0.2, 0.25) is 0 Å². The highest BCUT2D eigenvalue weighted by Crippen LogP contribution is 2.18. The number of unbranched alkanes of at least 4 members (excludes halogenated alkanes) is 12. The molecule has 0 spiro atoms. The molecule has 1 aromatic rings. The van der Waals surface area contributed by atoms with Crippen molar-refractivity contribution in [2.24, 2.45) is 0 Å². The predicted octanol–water partition coefficient (Wildman–Crippen LogP) is 6.20. The van der Waals surface area contributed by atoms with Gasteiger partial charge in [-0.05, 0) is 6.42 Å². The summed E-state index contributed by atoms with van der Waals surface area (Å²) in [6.07, 6.45) is 17.7. The van der Waals surface area contributed by atoms with Crippen LogP contribution in [-0.4, -0.2) is 11.1 Å². The van der Waals surface area contributed by atoms with Crippen molar-refractivity contribution in [2.45, 2.75) is 96.8 Å². The van der Waals surface area contributed by atoms with Crippen LogP contribution in [0, 0.1) is 0 Å². The zero-order valence-corrected chi connectivity index (χ0v) is 14.1. The van der Waals surface area contributed by atoms with Crippen LogP contribution in [0.5, 0.6) is 0 Å². The molecule has 0 unspecified atom stereocenters. The van der Waals surface area contributed by atoms with Crippen molar-refractivity contribution in [1.82, 2.24) is 0 Å². The number of aryl methyl sites for hydroxylation is 1. The van der Waals surface area contributed by atoms with E-state index in [-0.39, 0.29) is 5.76 Å². The first-order chi connectivity index (χ1) is 10.8. The predicted molar refractivity (Wildman–Crippen MR) is 87.3 cm³/mol. The van der Waals surface area contributed by atoms with Crippen LogP contribution in [0.3, 0.4) is 0 Å². The second-order valence-corrected chi connectivity index (χ2v) is 6.22. The molecule has 0 fully saturated rings. The third-order valence-electron chi connectivity index (χ3n) is 4.18. The molecule has 1 aromatic heterocycles. The molecular formula is C18H32O4. The Labute approximate surface area is 134 Å². The molecule has 0 radical (unpaired) electrons. The van der Waals surface area contributed by atoms with E-state index in [1.807, 2.05) is 0 Å². The summed E-state index contributed by atoms with van der Waals surface area (Å²) in [7, 11) is 0. The molecule has 4 nitrogen and oxygen atoms in total. The van der Waals surface area contributed by atoms with Gasteiger partial charge in [0, 0.05) is 6.42 Å². The van der Waals surface area contributed by atoms with E-state index >= 15 is 0 Å². The van der Waals surface area contributed by atoms with Gasteiger partial charge < -0.3 is 5.11 Å². The normalized spacial score (nSPS) is 11.1. The lowest BCUT2D eigenvalue weighted by Gasteiger charge is -2.05. The molecule has 1 rings (SSSR count). The molecule has 0 saturated carbocycles. The van der Waals surface area contributed by atoms with Gasteiger partial charge in [-0.1, -0.05) is 84.0 Å². The Bertz CT molecular complexity index is 378. The molecule has 0 aliphatic rings. The molecule has 0 aliphatic carbocycles. The molecule has 22 heavy (non-hydrogen) atoms. The number of rotatable bonds is 15. The Morgan fingerprint density at radius 2 is 1.23 bits per heavy atom. The topological polar surface area (TPSA) is 63.6 Å². The zero-order chi connectivity index (χ0) is 16.0. The third kappa shape index (κ3) is 8.30. The third-order valence-corrected chi connectivity index (χ3v) is 4.18. The van der Waals surface area contributed by atoms with Crippen LogP contribution in [0.15, 0.2) is 9.15 Å². The quantitative estimate of drug-likeness (QED) is 0.309. The van der Waals surface area contributed by atoms with Crippen molar-refractivity contribution in [3.8, 4) is 0 Å². The van der Waals surface area contributed by atoms with Crippen LogP contribution >= 0.6 is 0 Å². The highest BCUT2D eigenvalue weighted by Gasteiger charge is 2.21. The first-order valence-electron chi connectivity index (χ1n) is 9.06. The highest BCUT2D eigenvalue weighted by atomic mass is 17.0. The minimum absolute atomic E-state index is 0.0149. The number of aromatic carboxylic acids is 1. The molecule has 0 atom stereocenters. The summed E-state index contributed by atoms with van der Waals surface area (Å²) in [6.45, 7) is 2.26. The van der Waals surface area contributed by atoms with Gasteiger partial charge in [0.05, 0.1) is 0 Å². The van der Waals surface area contributed by atoms with Gasteiger partial charge in [-0.2, -0.15) is 0 Å². The lowest BCUT2D eigenvalue weighted by atomic mass is 10.0. The van der Waals surface area contributed by atoms with Gasteiger partial charge in [0.15, 0.2) is 0 Å². The molecule has 0 amide bonds. The van der Waals surface area contributed by atoms with E-state index in [4.69, 9.17) is 9.68 Å². The lowest BCUT2D eigenvalue weighted by molar-refractivity contribution is -0.0353. The second-order valence-electron chi connectivity index (χ2n) is 6.22. The van der Waals surface area contributed by atoms with Crippen molar-refractivity contribution >= 4 is 5.97 Å². The van der Waals surface area contributed by atoms with E-state index in [2.05, 4.69) is 11.5 Å². The van der Waals surface area contributed by atoms with E-state index in [0.717, 1.165) is 12.8 Å². The van der Waals surface area contributed by atoms with E-state index in [0.29, 0.717) is 12.2 Å². The van der Waals surface area contributed by atoms with Gasteiger partial charge in [-0.15, -0.1) is 0 Å². The smallest absolute Gasteiger partial charge is 0.380 e. The number of hydrogen-bond acceptors (Lipinski definition) is 3. The van der Waals surface area contributed by atoms with E-state index < -0.39 is 5.97 Å². The Morgan fingerprint density at radius 1 is 0.773 bits per heavy atom. The van der Waals surface area contributed by atoms with Crippen LogP contribution in [0.4, 0.5) is 0 Å². The maximum absolute atomic E-state index is 10.7. The van der Waals surface area contributed by atoms with Gasteiger partial charge in [0.2, 0.25) is 5.76 Å². The SMILES string of the molecule is CCCCCCCCCCCCCCCc1ooc1C(=O)O. The van der Waals surface area contributed by atoms with E-state index in [9.17, 15) is 4.79 Å². The molecule has 0 aromatic carbocycles. The number of carboxylic acids is 1. The first kappa shape index (κ1) is 18.9. The molecule has 1 N–H and O–H groups in total. The van der Waals surface area contributed by atoms with Crippen molar-refractivity contribution in [1.29, 1.82) is 0 Å². The molecule has 0 aliphatic heterocycles. The summed E-state index contributed by atoms with van der Waals surface area (Å²) in [6, 6.07) is 0. The Balaban J connectivity index is 1.79. The van der Waals surface area contributed by atoms with Crippen LogP contribution < -0.4 is 0 Å². The lowest BCUT2D eigenvalue weighted by Crippen LogP contribution is -2.05. The molecule has 0 bridgehead atoms. The minimum Gasteiger partial charge on any atom is -0.475 e. The van der Waals surface area contributed by atoms with Gasteiger partial charge in [0.25, 0.3) is 0 Å². The van der Waals surface area contributed by atoms with E-state index in [1.54, 1.807) is 0 Å². The fourth-order valence-electron chi connectivity index (χ4n) is 2.76. The number of carbonyl (C=O) groups is 1. The zero-order valence-electron chi connectivity index (χ0n) is 14.1. The average Bonchev–Trinajstić information content (AvgIpc) is 2.45.